The number of benzene rings is 1. The van der Waals surface area contributed by atoms with Gasteiger partial charge in [0, 0.05) is 43.8 Å². The first-order valence-corrected chi connectivity index (χ1v) is 8.67. The maximum absolute atomic E-state index is 12.8. The van der Waals surface area contributed by atoms with Crippen molar-refractivity contribution >= 4 is 11.6 Å². The van der Waals surface area contributed by atoms with E-state index in [9.17, 15) is 9.90 Å². The summed E-state index contributed by atoms with van der Waals surface area (Å²) < 4.78 is 0. The molecule has 0 bridgehead atoms. The van der Waals surface area contributed by atoms with Crippen molar-refractivity contribution in [2.24, 2.45) is 11.7 Å². The van der Waals surface area contributed by atoms with Crippen LogP contribution in [0.4, 0.5) is 5.69 Å². The molecule has 5 nitrogen and oxygen atoms in total. The molecule has 2 fully saturated rings. The van der Waals surface area contributed by atoms with E-state index in [0.717, 1.165) is 39.0 Å². The second-order valence-corrected chi connectivity index (χ2v) is 6.74. The van der Waals surface area contributed by atoms with Crippen LogP contribution >= 0.6 is 0 Å². The lowest BCUT2D eigenvalue weighted by Crippen LogP contribution is -2.46. The van der Waals surface area contributed by atoms with Crippen LogP contribution in [0.3, 0.4) is 0 Å². The predicted octanol–water partition coefficient (Wildman–Crippen LogP) is 1.21. The molecular formula is C18H27N3O2. The maximum atomic E-state index is 12.8. The lowest BCUT2D eigenvalue weighted by molar-refractivity contribution is -0.137. The molecule has 3 rings (SSSR count). The van der Waals surface area contributed by atoms with E-state index < -0.39 is 6.10 Å². The summed E-state index contributed by atoms with van der Waals surface area (Å²) in [6.07, 6.45) is 2.55. The van der Waals surface area contributed by atoms with Crippen molar-refractivity contribution in [3.8, 4) is 0 Å². The van der Waals surface area contributed by atoms with Gasteiger partial charge in [-0.3, -0.25) is 4.79 Å². The molecule has 3 N–H and O–H groups in total. The topological polar surface area (TPSA) is 69.8 Å². The Bertz CT molecular complexity index is 522. The van der Waals surface area contributed by atoms with E-state index in [1.165, 1.54) is 5.69 Å². The number of carbonyl (C=O) groups is 1. The van der Waals surface area contributed by atoms with E-state index >= 15 is 0 Å². The summed E-state index contributed by atoms with van der Waals surface area (Å²) >= 11 is 0. The highest BCUT2D eigenvalue weighted by Gasteiger charge is 2.33. The van der Waals surface area contributed by atoms with E-state index in [0.29, 0.717) is 12.8 Å². The molecule has 2 aliphatic rings. The Morgan fingerprint density at radius 2 is 1.87 bits per heavy atom. The van der Waals surface area contributed by atoms with Crippen LogP contribution in [-0.2, 0) is 4.79 Å². The third-order valence-electron chi connectivity index (χ3n) is 5.14. The molecule has 1 aromatic carbocycles. The second kappa shape index (κ2) is 7.32. The molecule has 0 unspecified atom stereocenters. The summed E-state index contributed by atoms with van der Waals surface area (Å²) in [5, 5.41) is 9.74. The van der Waals surface area contributed by atoms with Crippen molar-refractivity contribution in [2.75, 3.05) is 31.1 Å². The second-order valence-electron chi connectivity index (χ2n) is 6.74. The van der Waals surface area contributed by atoms with Crippen molar-refractivity contribution in [2.45, 2.75) is 37.8 Å². The highest BCUT2D eigenvalue weighted by Crippen LogP contribution is 2.26. The fourth-order valence-electron chi connectivity index (χ4n) is 3.71. The molecule has 1 aromatic rings. The van der Waals surface area contributed by atoms with Gasteiger partial charge in [-0.05, 0) is 37.8 Å². The monoisotopic (exact) mass is 317 g/mol. The van der Waals surface area contributed by atoms with Gasteiger partial charge < -0.3 is 20.6 Å². The normalized spacial score (nSPS) is 29.2. The Kier molecular flexibility index (Phi) is 5.18. The Morgan fingerprint density at radius 1 is 1.09 bits per heavy atom. The minimum Gasteiger partial charge on any atom is -0.392 e. The molecule has 1 saturated carbocycles. The van der Waals surface area contributed by atoms with E-state index in [-0.39, 0.29) is 17.9 Å². The average molecular weight is 317 g/mol. The van der Waals surface area contributed by atoms with Crippen molar-refractivity contribution in [3.63, 3.8) is 0 Å². The number of amides is 1. The quantitative estimate of drug-likeness (QED) is 0.860. The van der Waals surface area contributed by atoms with Gasteiger partial charge >= 0.3 is 0 Å². The van der Waals surface area contributed by atoms with Gasteiger partial charge in [-0.25, -0.2) is 0 Å². The molecule has 23 heavy (non-hydrogen) atoms. The summed E-state index contributed by atoms with van der Waals surface area (Å²) in [5.41, 5.74) is 7.16. The summed E-state index contributed by atoms with van der Waals surface area (Å²) in [7, 11) is 0. The lowest BCUT2D eigenvalue weighted by atomic mass is 9.83. The molecule has 3 atom stereocenters. The molecule has 126 valence electrons. The number of para-hydroxylation sites is 1. The van der Waals surface area contributed by atoms with E-state index in [2.05, 4.69) is 29.2 Å². The predicted molar refractivity (Wildman–Crippen MR) is 91.2 cm³/mol. The maximum Gasteiger partial charge on any atom is 0.225 e. The zero-order valence-electron chi connectivity index (χ0n) is 13.6. The minimum absolute atomic E-state index is 0.0170. The van der Waals surface area contributed by atoms with Gasteiger partial charge in [0.25, 0.3) is 0 Å². The van der Waals surface area contributed by atoms with Gasteiger partial charge in [-0.15, -0.1) is 0 Å². The molecule has 1 amide bonds. The number of nitrogens with zero attached hydrogens (tertiary/aromatic N) is 2. The number of anilines is 1. The van der Waals surface area contributed by atoms with E-state index in [1.54, 1.807) is 0 Å². The Balaban J connectivity index is 1.58. The van der Waals surface area contributed by atoms with Crippen LogP contribution in [0.15, 0.2) is 30.3 Å². The first-order valence-electron chi connectivity index (χ1n) is 8.67. The molecule has 1 heterocycles. The van der Waals surface area contributed by atoms with Crippen LogP contribution in [0.1, 0.15) is 25.7 Å². The summed E-state index contributed by atoms with van der Waals surface area (Å²) in [5.74, 6) is 0.207. The first-order chi connectivity index (χ1) is 11.1. The SMILES string of the molecule is N[C@@H]1C[C@@H](C(=O)N2CCCN(c3ccccc3)CC2)CC[C@H]1O. The Hall–Kier alpha value is -1.59. The standard InChI is InChI=1S/C18H27N3O2/c19-16-13-14(7-8-17(16)22)18(23)21-10-4-9-20(11-12-21)15-5-2-1-3-6-15/h1-3,5-6,14,16-17,22H,4,7-13,19H2/t14-,16+,17+/m0/s1. The molecule has 1 aliphatic carbocycles. The summed E-state index contributed by atoms with van der Waals surface area (Å²) in [6.45, 7) is 3.44. The van der Waals surface area contributed by atoms with Gasteiger partial charge in [0.1, 0.15) is 0 Å². The summed E-state index contributed by atoms with van der Waals surface area (Å²) in [6, 6.07) is 10.1. The highest BCUT2D eigenvalue weighted by molar-refractivity contribution is 5.79. The molecule has 0 radical (unpaired) electrons. The highest BCUT2D eigenvalue weighted by atomic mass is 16.3. The van der Waals surface area contributed by atoms with Crippen LogP contribution in [0, 0.1) is 5.92 Å². The molecule has 1 aliphatic heterocycles. The molecule has 0 aromatic heterocycles. The number of aliphatic hydroxyl groups is 1. The number of hydrogen-bond donors (Lipinski definition) is 2. The average Bonchev–Trinajstić information content (AvgIpc) is 2.83. The number of rotatable bonds is 2. The minimum atomic E-state index is -0.447. The van der Waals surface area contributed by atoms with Crippen LogP contribution < -0.4 is 10.6 Å². The van der Waals surface area contributed by atoms with Crippen LogP contribution in [0.5, 0.6) is 0 Å². The summed E-state index contributed by atoms with van der Waals surface area (Å²) in [4.78, 5) is 17.1. The molecule has 0 spiro atoms. The smallest absolute Gasteiger partial charge is 0.225 e. The van der Waals surface area contributed by atoms with Crippen molar-refractivity contribution < 1.29 is 9.90 Å². The van der Waals surface area contributed by atoms with Crippen LogP contribution in [-0.4, -0.2) is 54.2 Å². The van der Waals surface area contributed by atoms with Crippen molar-refractivity contribution in [3.05, 3.63) is 30.3 Å². The zero-order valence-corrected chi connectivity index (χ0v) is 13.6. The molecular weight excluding hydrogens is 290 g/mol. The first kappa shape index (κ1) is 16.3. The van der Waals surface area contributed by atoms with Gasteiger partial charge in [0.05, 0.1) is 6.10 Å². The Labute approximate surface area is 138 Å². The zero-order chi connectivity index (χ0) is 16.2. The lowest BCUT2D eigenvalue weighted by Gasteiger charge is -2.33. The van der Waals surface area contributed by atoms with E-state index in [4.69, 9.17) is 5.73 Å². The third-order valence-corrected chi connectivity index (χ3v) is 5.14. The number of hydrogen-bond acceptors (Lipinski definition) is 4. The number of carbonyl (C=O) groups excluding carboxylic acids is 1. The fourth-order valence-corrected chi connectivity index (χ4v) is 3.71. The third kappa shape index (κ3) is 3.85. The van der Waals surface area contributed by atoms with Gasteiger partial charge in [0.2, 0.25) is 5.91 Å². The van der Waals surface area contributed by atoms with Gasteiger partial charge in [0.15, 0.2) is 0 Å². The van der Waals surface area contributed by atoms with Crippen molar-refractivity contribution in [1.29, 1.82) is 0 Å². The largest absolute Gasteiger partial charge is 0.392 e. The molecule has 1 saturated heterocycles. The number of nitrogens with two attached hydrogens (primary N) is 1. The van der Waals surface area contributed by atoms with Crippen LogP contribution in [0.2, 0.25) is 0 Å². The van der Waals surface area contributed by atoms with Gasteiger partial charge in [-0.2, -0.15) is 0 Å². The van der Waals surface area contributed by atoms with Crippen LogP contribution in [0.25, 0.3) is 0 Å². The fraction of sp³-hybridized carbons (Fsp3) is 0.611. The van der Waals surface area contributed by atoms with Gasteiger partial charge in [-0.1, -0.05) is 18.2 Å². The van der Waals surface area contributed by atoms with Crippen molar-refractivity contribution in [1.82, 2.24) is 4.90 Å². The number of aliphatic hydroxyl groups excluding tert-OH is 1. The van der Waals surface area contributed by atoms with E-state index in [1.807, 2.05) is 11.0 Å². The molecule has 5 heteroatoms. The Morgan fingerprint density at radius 3 is 2.61 bits per heavy atom.